The summed E-state index contributed by atoms with van der Waals surface area (Å²) >= 11 is 12.5. The number of aliphatic hydroxyl groups is 3. The van der Waals surface area contributed by atoms with Crippen molar-refractivity contribution in [1.29, 1.82) is 0 Å². The molecular weight excluding hydrogens is 439 g/mol. The van der Waals surface area contributed by atoms with Gasteiger partial charge in [0.1, 0.15) is 18.3 Å². The SMILES string of the molecule is O[C@@H]1[C@@H](O)[C@@H](n2c3ccc(Cl)cc3c3ccc4c5cc(Cl)ccc5[nH]c4c32)OC[C@H]1O. The van der Waals surface area contributed by atoms with Crippen molar-refractivity contribution in [3.8, 4) is 0 Å². The number of nitrogens with one attached hydrogen (secondary N) is 1. The highest BCUT2D eigenvalue weighted by Crippen LogP contribution is 2.41. The molecule has 3 heterocycles. The summed E-state index contributed by atoms with van der Waals surface area (Å²) in [5.41, 5.74) is 3.41. The third-order valence-corrected chi connectivity index (χ3v) is 6.66. The maximum Gasteiger partial charge on any atom is 0.163 e. The molecule has 0 bridgehead atoms. The average molecular weight is 457 g/mol. The molecule has 1 fully saturated rings. The van der Waals surface area contributed by atoms with Crippen molar-refractivity contribution in [2.45, 2.75) is 24.5 Å². The van der Waals surface area contributed by atoms with Crippen LogP contribution in [0.3, 0.4) is 0 Å². The number of hydrogen-bond donors (Lipinski definition) is 4. The molecule has 4 atom stereocenters. The van der Waals surface area contributed by atoms with Gasteiger partial charge in [-0.1, -0.05) is 35.3 Å². The van der Waals surface area contributed by atoms with Gasteiger partial charge in [0.15, 0.2) is 6.23 Å². The van der Waals surface area contributed by atoms with Crippen LogP contribution in [0.5, 0.6) is 0 Å². The van der Waals surface area contributed by atoms with Gasteiger partial charge < -0.3 is 29.6 Å². The van der Waals surface area contributed by atoms with Crippen LogP contribution in [0.1, 0.15) is 6.23 Å². The lowest BCUT2D eigenvalue weighted by atomic mass is 10.0. The normalized spacial score (nSPS) is 24.7. The van der Waals surface area contributed by atoms with E-state index >= 15 is 0 Å². The highest BCUT2D eigenvalue weighted by atomic mass is 35.5. The van der Waals surface area contributed by atoms with Gasteiger partial charge >= 0.3 is 0 Å². The summed E-state index contributed by atoms with van der Waals surface area (Å²) in [6.07, 6.45) is -4.67. The Bertz CT molecular complexity index is 1490. The van der Waals surface area contributed by atoms with E-state index in [1.807, 2.05) is 47.0 Å². The summed E-state index contributed by atoms with van der Waals surface area (Å²) < 4.78 is 7.72. The molecule has 0 aliphatic carbocycles. The lowest BCUT2D eigenvalue weighted by Gasteiger charge is -2.36. The number of aromatic nitrogens is 2. The van der Waals surface area contributed by atoms with E-state index in [0.29, 0.717) is 10.0 Å². The van der Waals surface area contributed by atoms with E-state index in [1.165, 1.54) is 0 Å². The van der Waals surface area contributed by atoms with Crippen molar-refractivity contribution in [3.05, 3.63) is 58.6 Å². The minimum atomic E-state index is -1.32. The first kappa shape index (κ1) is 19.4. The summed E-state index contributed by atoms with van der Waals surface area (Å²) in [5.74, 6) is 0. The molecule has 0 spiro atoms. The number of aromatic amines is 1. The standard InChI is InChI=1S/C23H18Cl2N2O4/c24-10-1-5-16-14(7-10)12-3-4-13-15-8-11(25)2-6-17(15)27(20(13)19(12)26-16)23-22(30)21(29)18(28)9-31-23/h1-8,18,21-23,26,28-30H,9H2/t18-,21+,22-,23+/m1/s1. The van der Waals surface area contributed by atoms with E-state index in [9.17, 15) is 15.3 Å². The van der Waals surface area contributed by atoms with Gasteiger partial charge in [-0.3, -0.25) is 0 Å². The molecule has 4 N–H and O–H groups in total. The highest BCUT2D eigenvalue weighted by Gasteiger charge is 2.40. The molecule has 158 valence electrons. The van der Waals surface area contributed by atoms with Crippen LogP contribution in [0.25, 0.3) is 43.6 Å². The fraction of sp³-hybridized carbons (Fsp3) is 0.217. The fourth-order valence-corrected chi connectivity index (χ4v) is 5.07. The third-order valence-electron chi connectivity index (χ3n) is 6.19. The van der Waals surface area contributed by atoms with E-state index in [0.717, 1.165) is 43.6 Å². The molecule has 0 amide bonds. The molecular formula is C23H18Cl2N2O4. The van der Waals surface area contributed by atoms with Crippen molar-refractivity contribution in [2.75, 3.05) is 6.61 Å². The Morgan fingerprint density at radius 1 is 0.839 bits per heavy atom. The molecule has 5 aromatic rings. The Labute approximate surface area is 186 Å². The average Bonchev–Trinajstić information content (AvgIpc) is 3.27. The first-order valence-corrected chi connectivity index (χ1v) is 10.7. The van der Waals surface area contributed by atoms with Gasteiger partial charge in [0.05, 0.1) is 23.2 Å². The number of nitrogens with zero attached hydrogens (tertiary/aromatic N) is 1. The second-order valence-electron chi connectivity index (χ2n) is 8.00. The maximum absolute atomic E-state index is 10.8. The van der Waals surface area contributed by atoms with Crippen LogP contribution < -0.4 is 0 Å². The molecule has 3 aromatic carbocycles. The first-order valence-electron chi connectivity index (χ1n) is 9.93. The van der Waals surface area contributed by atoms with E-state index in [4.69, 9.17) is 27.9 Å². The maximum atomic E-state index is 10.8. The van der Waals surface area contributed by atoms with E-state index in [1.54, 1.807) is 6.07 Å². The number of ether oxygens (including phenoxy) is 1. The van der Waals surface area contributed by atoms with Gasteiger partial charge in [-0.15, -0.1) is 0 Å². The zero-order valence-electron chi connectivity index (χ0n) is 16.1. The Morgan fingerprint density at radius 3 is 2.35 bits per heavy atom. The lowest BCUT2D eigenvalue weighted by molar-refractivity contribution is -0.208. The van der Waals surface area contributed by atoms with Crippen molar-refractivity contribution in [1.82, 2.24) is 9.55 Å². The first-order chi connectivity index (χ1) is 14.9. The highest BCUT2D eigenvalue weighted by molar-refractivity contribution is 6.33. The molecule has 1 aliphatic heterocycles. The topological polar surface area (TPSA) is 90.6 Å². The van der Waals surface area contributed by atoms with Crippen molar-refractivity contribution < 1.29 is 20.1 Å². The van der Waals surface area contributed by atoms with Crippen LogP contribution in [0.4, 0.5) is 0 Å². The molecule has 2 aromatic heterocycles. The molecule has 1 aliphatic rings. The van der Waals surface area contributed by atoms with E-state index in [2.05, 4.69) is 4.98 Å². The number of fused-ring (bicyclic) bond motifs is 7. The van der Waals surface area contributed by atoms with Gasteiger partial charge in [-0.25, -0.2) is 0 Å². The summed E-state index contributed by atoms with van der Waals surface area (Å²) in [7, 11) is 0. The van der Waals surface area contributed by atoms with Crippen molar-refractivity contribution >= 4 is 66.8 Å². The number of halogens is 2. The van der Waals surface area contributed by atoms with Gasteiger partial charge in [-0.05, 0) is 36.4 Å². The van der Waals surface area contributed by atoms with Crippen LogP contribution in [-0.4, -0.2) is 49.8 Å². The largest absolute Gasteiger partial charge is 0.388 e. The predicted molar refractivity (Wildman–Crippen MR) is 122 cm³/mol. The van der Waals surface area contributed by atoms with Crippen molar-refractivity contribution in [2.24, 2.45) is 0 Å². The minimum absolute atomic E-state index is 0.0874. The van der Waals surface area contributed by atoms with E-state index < -0.39 is 24.5 Å². The molecule has 6 rings (SSSR count). The Kier molecular flexibility index (Phi) is 4.27. The second-order valence-corrected chi connectivity index (χ2v) is 8.88. The molecule has 6 nitrogen and oxygen atoms in total. The Morgan fingerprint density at radius 2 is 1.55 bits per heavy atom. The smallest absolute Gasteiger partial charge is 0.163 e. The quantitative estimate of drug-likeness (QED) is 0.301. The van der Waals surface area contributed by atoms with Crippen LogP contribution >= 0.6 is 23.2 Å². The van der Waals surface area contributed by atoms with Crippen LogP contribution in [0.15, 0.2) is 48.5 Å². The zero-order valence-corrected chi connectivity index (χ0v) is 17.6. The van der Waals surface area contributed by atoms with Crippen LogP contribution in [-0.2, 0) is 4.74 Å². The summed E-state index contributed by atoms with van der Waals surface area (Å²) in [6, 6.07) is 15.3. The van der Waals surface area contributed by atoms with Crippen LogP contribution in [0.2, 0.25) is 10.0 Å². The second kappa shape index (κ2) is 6.84. The lowest BCUT2D eigenvalue weighted by Crippen LogP contribution is -2.50. The summed E-state index contributed by atoms with van der Waals surface area (Å²) in [5, 5.41) is 36.1. The summed E-state index contributed by atoms with van der Waals surface area (Å²) in [6.45, 7) is -0.0874. The number of hydrogen-bond acceptors (Lipinski definition) is 4. The fourth-order valence-electron chi connectivity index (χ4n) is 4.73. The summed E-state index contributed by atoms with van der Waals surface area (Å²) in [4.78, 5) is 3.48. The van der Waals surface area contributed by atoms with E-state index in [-0.39, 0.29) is 6.61 Å². The predicted octanol–water partition coefficient (Wildman–Crippen LogP) is 4.35. The van der Waals surface area contributed by atoms with Gasteiger partial charge in [0.2, 0.25) is 0 Å². The van der Waals surface area contributed by atoms with Crippen LogP contribution in [0, 0.1) is 0 Å². The Hall–Kier alpha value is -2.32. The van der Waals surface area contributed by atoms with Gasteiger partial charge in [-0.2, -0.15) is 0 Å². The van der Waals surface area contributed by atoms with Crippen molar-refractivity contribution in [3.63, 3.8) is 0 Å². The number of aliphatic hydroxyl groups excluding tert-OH is 3. The number of benzene rings is 3. The minimum Gasteiger partial charge on any atom is -0.388 e. The molecule has 0 radical (unpaired) electrons. The molecule has 8 heteroatoms. The monoisotopic (exact) mass is 456 g/mol. The van der Waals surface area contributed by atoms with Gasteiger partial charge in [0, 0.05) is 37.1 Å². The number of H-pyrrole nitrogens is 1. The van der Waals surface area contributed by atoms with Gasteiger partial charge in [0.25, 0.3) is 0 Å². The molecule has 1 saturated heterocycles. The number of rotatable bonds is 1. The molecule has 31 heavy (non-hydrogen) atoms. The molecule has 0 saturated carbocycles. The Balaban J connectivity index is 1.76. The molecule has 0 unspecified atom stereocenters. The zero-order chi connectivity index (χ0) is 21.4. The third kappa shape index (κ3) is 2.74.